The lowest BCUT2D eigenvalue weighted by atomic mass is 10.2. The summed E-state index contributed by atoms with van der Waals surface area (Å²) in [7, 11) is 0. The predicted molar refractivity (Wildman–Crippen MR) is 78.5 cm³/mol. The van der Waals surface area contributed by atoms with Crippen molar-refractivity contribution < 1.29 is 9.18 Å². The molecule has 2 aromatic rings. The van der Waals surface area contributed by atoms with E-state index >= 15 is 0 Å². The summed E-state index contributed by atoms with van der Waals surface area (Å²) in [5.74, 6) is -1.13. The first kappa shape index (κ1) is 13.3. The molecule has 0 fully saturated rings. The van der Waals surface area contributed by atoms with Crippen molar-refractivity contribution in [3.8, 4) is 0 Å². The summed E-state index contributed by atoms with van der Waals surface area (Å²) in [6.45, 7) is 0. The van der Waals surface area contributed by atoms with Gasteiger partial charge in [-0.3, -0.25) is 4.79 Å². The van der Waals surface area contributed by atoms with Crippen LogP contribution in [0.1, 0.15) is 10.4 Å². The van der Waals surface area contributed by atoms with Gasteiger partial charge in [-0.15, -0.1) is 0 Å². The third-order valence-corrected chi connectivity index (χ3v) is 3.23. The average Bonchev–Trinajstić information content (AvgIpc) is 2.32. The van der Waals surface area contributed by atoms with Crippen molar-refractivity contribution in [3.63, 3.8) is 0 Å². The van der Waals surface area contributed by atoms with Crippen molar-refractivity contribution >= 4 is 45.8 Å². The number of hydrogen-bond donors (Lipinski definition) is 1. The minimum atomic E-state index is -0.634. The van der Waals surface area contributed by atoms with E-state index in [0.717, 1.165) is 9.64 Å². The first-order valence-corrected chi connectivity index (χ1v) is 6.54. The molecule has 5 heteroatoms. The maximum Gasteiger partial charge on any atom is 0.258 e. The molecule has 92 valence electrons. The highest BCUT2D eigenvalue weighted by molar-refractivity contribution is 14.1. The number of carbonyl (C=O) groups excluding carboxylic acids is 1. The van der Waals surface area contributed by atoms with E-state index in [1.54, 1.807) is 12.1 Å². The van der Waals surface area contributed by atoms with Gasteiger partial charge >= 0.3 is 0 Å². The fourth-order valence-corrected chi connectivity index (χ4v) is 1.92. The zero-order chi connectivity index (χ0) is 13.1. The van der Waals surface area contributed by atoms with Crippen LogP contribution in [0.15, 0.2) is 42.5 Å². The number of amides is 1. The Kier molecular flexibility index (Phi) is 4.19. The van der Waals surface area contributed by atoms with Gasteiger partial charge in [-0.1, -0.05) is 11.6 Å². The SMILES string of the molecule is O=C(Nc1ccc(I)cc1)c1ccc(Cl)cc1F. The summed E-state index contributed by atoms with van der Waals surface area (Å²) in [6, 6.07) is 11.2. The smallest absolute Gasteiger partial charge is 0.258 e. The lowest BCUT2D eigenvalue weighted by Gasteiger charge is -2.06. The van der Waals surface area contributed by atoms with Crippen LogP contribution in [0.4, 0.5) is 10.1 Å². The highest BCUT2D eigenvalue weighted by atomic mass is 127. The van der Waals surface area contributed by atoms with Crippen molar-refractivity contribution in [1.82, 2.24) is 0 Å². The van der Waals surface area contributed by atoms with Crippen molar-refractivity contribution in [1.29, 1.82) is 0 Å². The van der Waals surface area contributed by atoms with Gasteiger partial charge in [0, 0.05) is 14.3 Å². The zero-order valence-electron chi connectivity index (χ0n) is 9.08. The molecule has 18 heavy (non-hydrogen) atoms. The molecule has 0 radical (unpaired) electrons. The number of carbonyl (C=O) groups is 1. The van der Waals surface area contributed by atoms with Crippen LogP contribution in [0.2, 0.25) is 5.02 Å². The minimum absolute atomic E-state index is 0.0297. The van der Waals surface area contributed by atoms with Crippen LogP contribution >= 0.6 is 34.2 Å². The molecule has 2 rings (SSSR count). The average molecular weight is 376 g/mol. The highest BCUT2D eigenvalue weighted by Gasteiger charge is 2.11. The maximum absolute atomic E-state index is 13.5. The van der Waals surface area contributed by atoms with Gasteiger partial charge in [0.05, 0.1) is 5.56 Å². The second kappa shape index (κ2) is 5.67. The van der Waals surface area contributed by atoms with Crippen LogP contribution in [0.3, 0.4) is 0 Å². The van der Waals surface area contributed by atoms with Gasteiger partial charge in [-0.25, -0.2) is 4.39 Å². The monoisotopic (exact) mass is 375 g/mol. The molecule has 0 unspecified atom stereocenters. The number of halogens is 3. The van der Waals surface area contributed by atoms with E-state index in [2.05, 4.69) is 27.9 Å². The standard InChI is InChI=1S/C13H8ClFINO/c14-8-1-6-11(12(15)7-8)13(18)17-10-4-2-9(16)3-5-10/h1-7H,(H,17,18). The summed E-state index contributed by atoms with van der Waals surface area (Å²) in [6.07, 6.45) is 0. The van der Waals surface area contributed by atoms with Crippen LogP contribution in [-0.4, -0.2) is 5.91 Å². The summed E-state index contributed by atoms with van der Waals surface area (Å²) >= 11 is 7.79. The Morgan fingerprint density at radius 3 is 2.44 bits per heavy atom. The molecular formula is C13H8ClFINO. The molecule has 2 nitrogen and oxygen atoms in total. The molecular weight excluding hydrogens is 368 g/mol. The van der Waals surface area contributed by atoms with Crippen LogP contribution < -0.4 is 5.32 Å². The minimum Gasteiger partial charge on any atom is -0.322 e. The van der Waals surface area contributed by atoms with E-state index in [9.17, 15) is 9.18 Å². The predicted octanol–water partition coefficient (Wildman–Crippen LogP) is 4.34. The zero-order valence-corrected chi connectivity index (χ0v) is 12.0. The van der Waals surface area contributed by atoms with E-state index in [4.69, 9.17) is 11.6 Å². The Balaban J connectivity index is 2.19. The van der Waals surface area contributed by atoms with Crippen molar-refractivity contribution in [2.75, 3.05) is 5.32 Å². The van der Waals surface area contributed by atoms with Crippen molar-refractivity contribution in [2.24, 2.45) is 0 Å². The first-order chi connectivity index (χ1) is 8.56. The van der Waals surface area contributed by atoms with Gasteiger partial charge in [0.25, 0.3) is 5.91 Å². The van der Waals surface area contributed by atoms with Gasteiger partial charge in [0.1, 0.15) is 5.82 Å². The summed E-state index contributed by atoms with van der Waals surface area (Å²) in [5, 5.41) is 2.88. The largest absolute Gasteiger partial charge is 0.322 e. The van der Waals surface area contributed by atoms with Crippen LogP contribution in [0.5, 0.6) is 0 Å². The number of anilines is 1. The molecule has 1 amide bonds. The fraction of sp³-hybridized carbons (Fsp3) is 0. The van der Waals surface area contributed by atoms with E-state index < -0.39 is 11.7 Å². The number of rotatable bonds is 2. The molecule has 0 saturated carbocycles. The molecule has 0 saturated heterocycles. The molecule has 0 bridgehead atoms. The Morgan fingerprint density at radius 1 is 1.17 bits per heavy atom. The van der Waals surface area contributed by atoms with E-state index in [-0.39, 0.29) is 10.6 Å². The van der Waals surface area contributed by atoms with Gasteiger partial charge < -0.3 is 5.32 Å². The fourth-order valence-electron chi connectivity index (χ4n) is 1.41. The topological polar surface area (TPSA) is 29.1 Å². The molecule has 0 heterocycles. The quantitative estimate of drug-likeness (QED) is 0.778. The lowest BCUT2D eigenvalue weighted by Crippen LogP contribution is -2.13. The summed E-state index contributed by atoms with van der Waals surface area (Å²) < 4.78 is 14.6. The molecule has 0 aromatic heterocycles. The Morgan fingerprint density at radius 2 is 1.83 bits per heavy atom. The van der Waals surface area contributed by atoms with Gasteiger partial charge in [0.2, 0.25) is 0 Å². The van der Waals surface area contributed by atoms with Crippen molar-refractivity contribution in [2.45, 2.75) is 0 Å². The Hall–Kier alpha value is -1.14. The third kappa shape index (κ3) is 3.20. The molecule has 0 spiro atoms. The maximum atomic E-state index is 13.5. The number of hydrogen-bond acceptors (Lipinski definition) is 1. The second-order valence-corrected chi connectivity index (χ2v) is 5.27. The summed E-state index contributed by atoms with van der Waals surface area (Å²) in [5.41, 5.74) is 0.590. The molecule has 2 aromatic carbocycles. The lowest BCUT2D eigenvalue weighted by molar-refractivity contribution is 0.102. The van der Waals surface area contributed by atoms with E-state index in [0.29, 0.717) is 5.69 Å². The Labute approximate surface area is 122 Å². The summed E-state index contributed by atoms with van der Waals surface area (Å²) in [4.78, 5) is 11.8. The van der Waals surface area contributed by atoms with Crippen LogP contribution in [-0.2, 0) is 0 Å². The number of benzene rings is 2. The van der Waals surface area contributed by atoms with Crippen LogP contribution in [0.25, 0.3) is 0 Å². The number of nitrogens with one attached hydrogen (secondary N) is 1. The highest BCUT2D eigenvalue weighted by Crippen LogP contribution is 2.17. The molecule has 0 aliphatic carbocycles. The third-order valence-electron chi connectivity index (χ3n) is 2.28. The first-order valence-electron chi connectivity index (χ1n) is 5.08. The van der Waals surface area contributed by atoms with Gasteiger partial charge in [-0.2, -0.15) is 0 Å². The van der Waals surface area contributed by atoms with Crippen molar-refractivity contribution in [3.05, 3.63) is 62.4 Å². The van der Waals surface area contributed by atoms with E-state index in [1.807, 2.05) is 12.1 Å². The molecule has 0 aliphatic rings. The molecule has 0 atom stereocenters. The van der Waals surface area contributed by atoms with Gasteiger partial charge in [0.15, 0.2) is 0 Å². The Bertz CT molecular complexity index is 586. The van der Waals surface area contributed by atoms with E-state index in [1.165, 1.54) is 12.1 Å². The molecule has 1 N–H and O–H groups in total. The normalized spacial score (nSPS) is 10.2. The van der Waals surface area contributed by atoms with Crippen LogP contribution in [0, 0.1) is 9.39 Å². The second-order valence-electron chi connectivity index (χ2n) is 3.59. The molecule has 0 aliphatic heterocycles. The van der Waals surface area contributed by atoms with Gasteiger partial charge in [-0.05, 0) is 65.1 Å².